The molecule has 2 bridgehead atoms. The zero-order valence-electron chi connectivity index (χ0n) is 35.0. The van der Waals surface area contributed by atoms with Crippen molar-refractivity contribution in [1.82, 2.24) is 20.6 Å². The molecule has 14 atom stereocenters. The number of likely N-dealkylation sites (N-methyl/N-ethyl adjacent to an activating group) is 1. The van der Waals surface area contributed by atoms with Crippen molar-refractivity contribution in [3.8, 4) is 0 Å². The molecular formula is C44H78N4O6. The first-order valence-electron chi connectivity index (χ1n) is 22.3. The molecule has 6 saturated carbocycles. The Balaban J connectivity index is 1.09. The molecule has 5 unspecified atom stereocenters. The van der Waals surface area contributed by atoms with Gasteiger partial charge in [-0.15, -0.1) is 0 Å². The van der Waals surface area contributed by atoms with Crippen LogP contribution >= 0.6 is 0 Å². The molecule has 54 heavy (non-hydrogen) atoms. The molecule has 1 saturated heterocycles. The fourth-order valence-corrected chi connectivity index (χ4v) is 12.8. The molecule has 10 nitrogen and oxygen atoms in total. The van der Waals surface area contributed by atoms with Crippen molar-refractivity contribution in [1.29, 1.82) is 0 Å². The molecule has 0 aromatic carbocycles. The van der Waals surface area contributed by atoms with Gasteiger partial charge in [-0.25, -0.2) is 0 Å². The zero-order chi connectivity index (χ0) is 38.7. The van der Waals surface area contributed by atoms with Crippen LogP contribution in [0.5, 0.6) is 0 Å². The maximum Gasteiger partial charge on any atom is 0.240 e. The van der Waals surface area contributed by atoms with Crippen LogP contribution in [-0.4, -0.2) is 109 Å². The zero-order valence-corrected chi connectivity index (χ0v) is 35.0. The quantitative estimate of drug-likeness (QED) is 0.166. The number of methoxy groups -OCH3 is 1. The number of rotatable bonds is 15. The number of aliphatic hydroxyl groups excluding tert-OH is 2. The molecular weight excluding hydrogens is 681 g/mol. The van der Waals surface area contributed by atoms with E-state index in [1.165, 1.54) is 44.9 Å². The number of hydrogen-bond donors (Lipinski definition) is 4. The summed E-state index contributed by atoms with van der Waals surface area (Å²) in [6.45, 7) is 9.87. The van der Waals surface area contributed by atoms with Crippen LogP contribution in [0.25, 0.3) is 0 Å². The van der Waals surface area contributed by atoms with Crippen LogP contribution in [0.3, 0.4) is 0 Å². The first-order chi connectivity index (χ1) is 25.8. The van der Waals surface area contributed by atoms with Gasteiger partial charge in [0.05, 0.1) is 18.8 Å². The summed E-state index contributed by atoms with van der Waals surface area (Å²) in [6.07, 6.45) is 17.0. The van der Waals surface area contributed by atoms with Crippen LogP contribution in [-0.2, 0) is 19.2 Å². The Morgan fingerprint density at radius 3 is 2.37 bits per heavy atom. The van der Waals surface area contributed by atoms with Crippen LogP contribution < -0.4 is 10.6 Å². The second-order valence-corrected chi connectivity index (χ2v) is 20.0. The van der Waals surface area contributed by atoms with E-state index >= 15 is 0 Å². The lowest BCUT2D eigenvalue weighted by Crippen LogP contribution is -2.62. The Labute approximate surface area is 327 Å². The molecule has 6 aliphatic carbocycles. The third-order valence-electron chi connectivity index (χ3n) is 16.0. The minimum absolute atomic E-state index is 0.0132. The molecule has 1 aliphatic heterocycles. The molecule has 7 fully saturated rings. The van der Waals surface area contributed by atoms with Crippen LogP contribution in [0.1, 0.15) is 130 Å². The highest BCUT2D eigenvalue weighted by Gasteiger charge is 2.58. The molecule has 0 aromatic heterocycles. The molecule has 7 aliphatic rings. The maximum absolute atomic E-state index is 14.3. The Morgan fingerprint density at radius 1 is 0.981 bits per heavy atom. The van der Waals surface area contributed by atoms with Gasteiger partial charge >= 0.3 is 0 Å². The minimum atomic E-state index is -0.814. The number of carbonyl (C=O) groups excluding carboxylic acids is 2. The van der Waals surface area contributed by atoms with E-state index in [4.69, 9.17) is 9.57 Å². The van der Waals surface area contributed by atoms with Crippen molar-refractivity contribution < 1.29 is 29.4 Å². The normalized spacial score (nSPS) is 39.8. The van der Waals surface area contributed by atoms with Gasteiger partial charge in [0.15, 0.2) is 0 Å². The second-order valence-electron chi connectivity index (χ2n) is 20.0. The third kappa shape index (κ3) is 9.36. The van der Waals surface area contributed by atoms with E-state index in [0.717, 1.165) is 70.3 Å². The van der Waals surface area contributed by atoms with E-state index in [1.54, 1.807) is 12.0 Å². The number of amides is 2. The third-order valence-corrected chi connectivity index (χ3v) is 16.0. The molecule has 4 N–H and O–H groups in total. The van der Waals surface area contributed by atoms with Crippen molar-refractivity contribution >= 4 is 11.8 Å². The van der Waals surface area contributed by atoms with Gasteiger partial charge in [-0.05, 0) is 113 Å². The summed E-state index contributed by atoms with van der Waals surface area (Å²) < 4.78 is 6.38. The molecule has 310 valence electrons. The molecule has 2 amide bonds. The minimum Gasteiger partial charge on any atom is -0.394 e. The molecule has 7 rings (SSSR count). The van der Waals surface area contributed by atoms with E-state index in [1.807, 2.05) is 7.11 Å². The summed E-state index contributed by atoms with van der Waals surface area (Å²) in [4.78, 5) is 36.8. The summed E-state index contributed by atoms with van der Waals surface area (Å²) >= 11 is 0. The Kier molecular flexibility index (Phi) is 14.5. The van der Waals surface area contributed by atoms with Crippen LogP contribution in [0, 0.1) is 58.7 Å². The average Bonchev–Trinajstić information content (AvgIpc) is 3.53. The summed E-state index contributed by atoms with van der Waals surface area (Å²) in [6, 6.07) is -0.385. The van der Waals surface area contributed by atoms with Crippen LogP contribution in [0.2, 0.25) is 0 Å². The lowest BCUT2D eigenvalue weighted by atomic mass is 9.45. The van der Waals surface area contributed by atoms with Gasteiger partial charge < -0.3 is 30.5 Å². The highest BCUT2D eigenvalue weighted by Crippen LogP contribution is 2.61. The van der Waals surface area contributed by atoms with Crippen LogP contribution in [0.15, 0.2) is 0 Å². The summed E-state index contributed by atoms with van der Waals surface area (Å²) in [7, 11) is 6.04. The number of hydrogen-bond acceptors (Lipinski definition) is 8. The van der Waals surface area contributed by atoms with E-state index in [0.29, 0.717) is 41.5 Å². The summed E-state index contributed by atoms with van der Waals surface area (Å²) in [5, 5.41) is 30.1. The van der Waals surface area contributed by atoms with E-state index in [9.17, 15) is 19.8 Å². The highest BCUT2D eigenvalue weighted by atomic mass is 16.7. The number of ether oxygens (including phenoxy) is 1. The van der Waals surface area contributed by atoms with Gasteiger partial charge in [-0.1, -0.05) is 72.1 Å². The molecule has 10 heteroatoms. The van der Waals surface area contributed by atoms with Gasteiger partial charge in [-0.2, -0.15) is 5.06 Å². The molecule has 0 radical (unpaired) electrons. The van der Waals surface area contributed by atoms with E-state index in [-0.39, 0.29) is 48.4 Å². The SMILES string of the molecule is COC1C(CN2O[C@@H](CO)[C@H]([C@H](C)O)[C@H]2C(=O)N[C@H]2C[C@H]3C[C@@H]([C@@H]2C)C3(C)C)CCCC1C1CCCC(C(=O)N[C@H](CCC2CCCCC2)CN(C)C)C1. The summed E-state index contributed by atoms with van der Waals surface area (Å²) in [5.41, 5.74) is 0.324. The second kappa shape index (κ2) is 18.5. The monoisotopic (exact) mass is 759 g/mol. The predicted molar refractivity (Wildman–Crippen MR) is 212 cm³/mol. The van der Waals surface area contributed by atoms with Gasteiger partial charge in [0.25, 0.3) is 0 Å². The fourth-order valence-electron chi connectivity index (χ4n) is 12.8. The number of nitrogens with zero attached hydrogens (tertiary/aromatic N) is 2. The number of fused-ring (bicyclic) bond motifs is 2. The van der Waals surface area contributed by atoms with Crippen molar-refractivity contribution in [2.24, 2.45) is 58.7 Å². The largest absolute Gasteiger partial charge is 0.394 e. The molecule has 1 heterocycles. The number of carbonyl (C=O) groups is 2. The van der Waals surface area contributed by atoms with Gasteiger partial charge in [0.2, 0.25) is 11.8 Å². The van der Waals surface area contributed by atoms with E-state index < -0.39 is 24.2 Å². The van der Waals surface area contributed by atoms with Gasteiger partial charge in [-0.3, -0.25) is 14.4 Å². The lowest BCUT2D eigenvalue weighted by Gasteiger charge is -2.62. The number of hydroxylamine groups is 2. The van der Waals surface area contributed by atoms with E-state index in [2.05, 4.69) is 50.4 Å². The number of aliphatic hydroxyl groups is 2. The Morgan fingerprint density at radius 2 is 1.72 bits per heavy atom. The fraction of sp³-hybridized carbons (Fsp3) is 0.955. The topological polar surface area (TPSA) is 124 Å². The standard InChI is InChI=1S/C44H78N4O6/c1-27-36-22-33(44(36,3)4)23-37(27)46-43(52)40-39(28(2)50)38(26-49)54-48(40)24-32-17-12-18-35(41(32)53-7)30-15-11-16-31(21-30)42(51)45-34(25-47(5)6)20-19-29-13-9-8-10-14-29/h27-41,49-50H,8-26H2,1-7H3,(H,45,51)(H,46,52)/t27-,28-,30?,31?,32?,33+,34+,35?,36-,37-,38-,39-,40-,41?/m0/s1. The Bertz CT molecular complexity index is 1230. The Hall–Kier alpha value is -1.30. The predicted octanol–water partition coefficient (Wildman–Crippen LogP) is 5.79. The van der Waals surface area contributed by atoms with Crippen molar-refractivity contribution in [2.75, 3.05) is 40.9 Å². The first-order valence-corrected chi connectivity index (χ1v) is 22.3. The molecule has 0 aromatic rings. The van der Waals surface area contributed by atoms with Gasteiger partial charge in [0, 0.05) is 50.0 Å². The van der Waals surface area contributed by atoms with Crippen molar-refractivity contribution in [3.05, 3.63) is 0 Å². The summed E-state index contributed by atoms with van der Waals surface area (Å²) in [5.74, 6) is 2.96. The lowest BCUT2D eigenvalue weighted by molar-refractivity contribution is -0.193. The smallest absolute Gasteiger partial charge is 0.240 e. The van der Waals surface area contributed by atoms with Crippen molar-refractivity contribution in [2.45, 2.75) is 167 Å². The first kappa shape index (κ1) is 42.3. The van der Waals surface area contributed by atoms with Gasteiger partial charge in [0.1, 0.15) is 12.1 Å². The van der Waals surface area contributed by atoms with Crippen LogP contribution in [0.4, 0.5) is 0 Å². The average molecular weight is 759 g/mol. The van der Waals surface area contributed by atoms with Crippen molar-refractivity contribution in [3.63, 3.8) is 0 Å². The maximum atomic E-state index is 14.3. The number of nitrogens with one attached hydrogen (secondary N) is 2. The molecule has 0 spiro atoms. The highest BCUT2D eigenvalue weighted by molar-refractivity contribution is 5.83.